The summed E-state index contributed by atoms with van der Waals surface area (Å²) in [6, 6.07) is 1.62. The van der Waals surface area contributed by atoms with Crippen molar-refractivity contribution in [1.82, 2.24) is 10.2 Å². The first kappa shape index (κ1) is 12.4. The molecule has 1 aliphatic carbocycles. The second kappa shape index (κ2) is 6.02. The van der Waals surface area contributed by atoms with Crippen LogP contribution in [0.25, 0.3) is 0 Å². The van der Waals surface area contributed by atoms with Gasteiger partial charge in [-0.2, -0.15) is 0 Å². The molecular formula is C14H28N2. The summed E-state index contributed by atoms with van der Waals surface area (Å²) in [6.45, 7) is 8.35. The first-order chi connectivity index (χ1) is 7.81. The van der Waals surface area contributed by atoms with Crippen LogP contribution in [0, 0.1) is 5.92 Å². The van der Waals surface area contributed by atoms with E-state index in [-0.39, 0.29) is 0 Å². The minimum Gasteiger partial charge on any atom is -0.313 e. The van der Waals surface area contributed by atoms with Gasteiger partial charge in [-0.3, -0.25) is 4.90 Å². The topological polar surface area (TPSA) is 15.3 Å². The van der Waals surface area contributed by atoms with Crippen molar-refractivity contribution >= 4 is 0 Å². The fraction of sp³-hybridized carbons (Fsp3) is 1.00. The molecule has 1 saturated carbocycles. The maximum absolute atomic E-state index is 3.61. The second-order valence-corrected chi connectivity index (χ2v) is 5.70. The van der Waals surface area contributed by atoms with Gasteiger partial charge in [-0.15, -0.1) is 0 Å². The Hall–Kier alpha value is -0.0800. The summed E-state index contributed by atoms with van der Waals surface area (Å²) < 4.78 is 0. The van der Waals surface area contributed by atoms with Crippen LogP contribution in [-0.4, -0.2) is 36.6 Å². The molecule has 0 bridgehead atoms. The van der Waals surface area contributed by atoms with Crippen molar-refractivity contribution in [2.24, 2.45) is 5.92 Å². The quantitative estimate of drug-likeness (QED) is 0.772. The minimum atomic E-state index is 0.685. The third-order valence-corrected chi connectivity index (χ3v) is 4.63. The molecule has 0 aromatic rings. The Bertz CT molecular complexity index is 205. The third-order valence-electron chi connectivity index (χ3n) is 4.63. The average molecular weight is 224 g/mol. The van der Waals surface area contributed by atoms with Gasteiger partial charge in [0.25, 0.3) is 0 Å². The lowest BCUT2D eigenvalue weighted by molar-refractivity contribution is 0.182. The van der Waals surface area contributed by atoms with Crippen LogP contribution in [0.4, 0.5) is 0 Å². The van der Waals surface area contributed by atoms with Crippen molar-refractivity contribution < 1.29 is 0 Å². The van der Waals surface area contributed by atoms with Gasteiger partial charge < -0.3 is 5.32 Å². The van der Waals surface area contributed by atoms with Crippen molar-refractivity contribution in [2.75, 3.05) is 19.6 Å². The van der Waals surface area contributed by atoms with E-state index >= 15 is 0 Å². The number of likely N-dealkylation sites (tertiary alicyclic amines) is 1. The lowest BCUT2D eigenvalue weighted by Crippen LogP contribution is -2.40. The summed E-state index contributed by atoms with van der Waals surface area (Å²) in [5.41, 5.74) is 0. The van der Waals surface area contributed by atoms with E-state index in [2.05, 4.69) is 24.1 Å². The smallest absolute Gasteiger partial charge is 0.0124 e. The summed E-state index contributed by atoms with van der Waals surface area (Å²) in [5.74, 6) is 1.04. The number of hydrogen-bond donors (Lipinski definition) is 1. The second-order valence-electron chi connectivity index (χ2n) is 5.70. The first-order valence-corrected chi connectivity index (χ1v) is 7.28. The molecule has 3 atom stereocenters. The van der Waals surface area contributed by atoms with Crippen molar-refractivity contribution in [3.8, 4) is 0 Å². The van der Waals surface area contributed by atoms with Crippen LogP contribution < -0.4 is 5.32 Å². The highest BCUT2D eigenvalue weighted by atomic mass is 15.2. The van der Waals surface area contributed by atoms with Crippen molar-refractivity contribution in [3.05, 3.63) is 0 Å². The summed E-state index contributed by atoms with van der Waals surface area (Å²) in [7, 11) is 0. The molecule has 2 nitrogen and oxygen atoms in total. The predicted molar refractivity (Wildman–Crippen MR) is 69.7 cm³/mol. The van der Waals surface area contributed by atoms with E-state index in [0.717, 1.165) is 12.0 Å². The number of nitrogens with one attached hydrogen (secondary N) is 1. The molecule has 0 amide bonds. The molecule has 0 aromatic heterocycles. The Morgan fingerprint density at radius 1 is 1.25 bits per heavy atom. The van der Waals surface area contributed by atoms with E-state index in [1.54, 1.807) is 0 Å². The zero-order valence-corrected chi connectivity index (χ0v) is 11.0. The Morgan fingerprint density at radius 3 is 2.88 bits per heavy atom. The van der Waals surface area contributed by atoms with Crippen LogP contribution in [0.2, 0.25) is 0 Å². The highest BCUT2D eigenvalue weighted by Gasteiger charge is 2.34. The van der Waals surface area contributed by atoms with Gasteiger partial charge in [0.1, 0.15) is 0 Å². The lowest BCUT2D eigenvalue weighted by Gasteiger charge is -2.32. The molecule has 1 heterocycles. The van der Waals surface area contributed by atoms with E-state index in [9.17, 15) is 0 Å². The Balaban J connectivity index is 1.69. The maximum atomic E-state index is 3.61. The van der Waals surface area contributed by atoms with Crippen LogP contribution >= 0.6 is 0 Å². The molecule has 0 spiro atoms. The molecule has 1 N–H and O–H groups in total. The van der Waals surface area contributed by atoms with E-state index < -0.39 is 0 Å². The molecule has 2 rings (SSSR count). The predicted octanol–water partition coefficient (Wildman–Crippen LogP) is 2.64. The zero-order chi connectivity index (χ0) is 11.4. The third kappa shape index (κ3) is 2.98. The summed E-state index contributed by atoms with van der Waals surface area (Å²) in [6.07, 6.45) is 8.63. The van der Waals surface area contributed by atoms with Gasteiger partial charge in [0, 0.05) is 25.2 Å². The average Bonchev–Trinajstić information content (AvgIpc) is 2.73. The normalized spacial score (nSPS) is 32.6. The van der Waals surface area contributed by atoms with E-state index in [1.807, 2.05) is 0 Å². The van der Waals surface area contributed by atoms with Gasteiger partial charge >= 0.3 is 0 Å². The summed E-state index contributed by atoms with van der Waals surface area (Å²) in [5, 5.41) is 3.61. The Morgan fingerprint density at radius 2 is 2.06 bits per heavy atom. The van der Waals surface area contributed by atoms with Gasteiger partial charge in [0.05, 0.1) is 0 Å². The van der Waals surface area contributed by atoms with Crippen LogP contribution in [0.15, 0.2) is 0 Å². The summed E-state index contributed by atoms with van der Waals surface area (Å²) >= 11 is 0. The molecular weight excluding hydrogens is 196 g/mol. The van der Waals surface area contributed by atoms with Gasteiger partial charge in [-0.25, -0.2) is 0 Å². The minimum absolute atomic E-state index is 0.685. The zero-order valence-electron chi connectivity index (χ0n) is 11.0. The lowest BCUT2D eigenvalue weighted by atomic mass is 9.85. The molecule has 3 unspecified atom stereocenters. The van der Waals surface area contributed by atoms with E-state index in [1.165, 1.54) is 58.2 Å². The fourth-order valence-electron chi connectivity index (χ4n) is 3.38. The molecule has 2 heteroatoms. The van der Waals surface area contributed by atoms with Crippen molar-refractivity contribution in [3.63, 3.8) is 0 Å². The highest BCUT2D eigenvalue weighted by molar-refractivity contribution is 4.89. The Labute approximate surface area is 101 Å². The Kier molecular flexibility index (Phi) is 4.66. The number of hydrogen-bond acceptors (Lipinski definition) is 2. The maximum Gasteiger partial charge on any atom is 0.0124 e. The molecule has 0 aromatic carbocycles. The molecule has 0 radical (unpaired) electrons. The highest BCUT2D eigenvalue weighted by Crippen LogP contribution is 2.35. The first-order valence-electron chi connectivity index (χ1n) is 7.28. The largest absolute Gasteiger partial charge is 0.313 e. The summed E-state index contributed by atoms with van der Waals surface area (Å²) in [4.78, 5) is 2.75. The molecule has 2 fully saturated rings. The number of nitrogens with zero attached hydrogens (tertiary/aromatic N) is 1. The van der Waals surface area contributed by atoms with Crippen LogP contribution in [0.3, 0.4) is 0 Å². The van der Waals surface area contributed by atoms with Crippen molar-refractivity contribution in [2.45, 2.75) is 64.5 Å². The van der Waals surface area contributed by atoms with Gasteiger partial charge in [0.15, 0.2) is 0 Å². The number of rotatable bonds is 5. The van der Waals surface area contributed by atoms with Gasteiger partial charge in [-0.05, 0) is 45.1 Å². The van der Waals surface area contributed by atoms with Gasteiger partial charge in [-0.1, -0.05) is 19.8 Å². The van der Waals surface area contributed by atoms with E-state index in [4.69, 9.17) is 0 Å². The number of fused-ring (bicyclic) bond motifs is 1. The van der Waals surface area contributed by atoms with Gasteiger partial charge in [0.2, 0.25) is 0 Å². The van der Waals surface area contributed by atoms with E-state index in [0.29, 0.717) is 6.04 Å². The monoisotopic (exact) mass is 224 g/mol. The fourth-order valence-corrected chi connectivity index (χ4v) is 3.38. The molecule has 94 valence electrons. The van der Waals surface area contributed by atoms with Crippen LogP contribution in [0.5, 0.6) is 0 Å². The van der Waals surface area contributed by atoms with Crippen LogP contribution in [0.1, 0.15) is 52.4 Å². The van der Waals surface area contributed by atoms with Crippen molar-refractivity contribution in [1.29, 1.82) is 0 Å². The molecule has 1 aliphatic heterocycles. The standard InChI is InChI=1S/C14H28N2/c1-3-12(2)15-9-11-16-10-8-13-6-4-5-7-14(13)16/h12-15H,3-11H2,1-2H3. The molecule has 16 heavy (non-hydrogen) atoms. The molecule has 2 aliphatic rings. The molecule has 1 saturated heterocycles. The SMILES string of the molecule is CCC(C)NCCN1CCC2CCCCC21. The van der Waals surface area contributed by atoms with Crippen LogP contribution in [-0.2, 0) is 0 Å².